The number of fused-ring (bicyclic) bond motifs is 1. The SMILES string of the molecule is CC(C)(C)O[C@H]1CC[C@H]2[C@@H](CO)[C@@H](O)CC[C@]12C. The van der Waals surface area contributed by atoms with Crippen LogP contribution in [0.4, 0.5) is 0 Å². The molecule has 2 saturated carbocycles. The molecule has 0 amide bonds. The van der Waals surface area contributed by atoms with Crippen molar-refractivity contribution in [3.63, 3.8) is 0 Å². The lowest BCUT2D eigenvalue weighted by Gasteiger charge is -2.47. The lowest BCUT2D eigenvalue weighted by molar-refractivity contribution is -0.140. The van der Waals surface area contributed by atoms with Crippen molar-refractivity contribution in [2.45, 2.75) is 71.2 Å². The standard InChI is InChI=1S/C15H28O3/c1-14(2,3)18-13-6-5-11-10(9-16)12(17)7-8-15(11,13)4/h10-13,16-17H,5-9H2,1-4H3/t10-,11+,12+,13+,15+/m1/s1. The van der Waals surface area contributed by atoms with Gasteiger partial charge in [-0.3, -0.25) is 0 Å². The summed E-state index contributed by atoms with van der Waals surface area (Å²) in [6.07, 6.45) is 3.87. The van der Waals surface area contributed by atoms with E-state index in [4.69, 9.17) is 4.74 Å². The lowest BCUT2D eigenvalue weighted by Crippen LogP contribution is -2.48. The molecule has 0 aliphatic heterocycles. The highest BCUT2D eigenvalue weighted by Crippen LogP contribution is 2.55. The van der Waals surface area contributed by atoms with Gasteiger partial charge in [0.2, 0.25) is 0 Å². The third kappa shape index (κ3) is 2.45. The second-order valence-electron chi connectivity index (χ2n) is 7.36. The number of ether oxygens (including phenoxy) is 1. The minimum atomic E-state index is -0.332. The summed E-state index contributed by atoms with van der Waals surface area (Å²) in [6, 6.07) is 0. The summed E-state index contributed by atoms with van der Waals surface area (Å²) in [5.41, 5.74) is 0.00719. The molecule has 106 valence electrons. The van der Waals surface area contributed by atoms with Gasteiger partial charge in [0, 0.05) is 12.5 Å². The molecule has 0 aromatic heterocycles. The summed E-state index contributed by atoms with van der Waals surface area (Å²) in [5, 5.41) is 19.6. The van der Waals surface area contributed by atoms with Crippen molar-refractivity contribution in [3.05, 3.63) is 0 Å². The molecular formula is C15H28O3. The van der Waals surface area contributed by atoms with Crippen LogP contribution in [0.1, 0.15) is 53.4 Å². The minimum absolute atomic E-state index is 0.0392. The van der Waals surface area contributed by atoms with Crippen LogP contribution >= 0.6 is 0 Å². The molecule has 2 N–H and O–H groups in total. The second-order valence-corrected chi connectivity index (χ2v) is 7.36. The zero-order valence-electron chi connectivity index (χ0n) is 12.1. The van der Waals surface area contributed by atoms with Crippen molar-refractivity contribution < 1.29 is 14.9 Å². The average Bonchev–Trinajstić information content (AvgIpc) is 2.56. The number of hydrogen-bond acceptors (Lipinski definition) is 3. The Hall–Kier alpha value is -0.120. The topological polar surface area (TPSA) is 49.7 Å². The number of rotatable bonds is 2. The van der Waals surface area contributed by atoms with Crippen molar-refractivity contribution >= 4 is 0 Å². The van der Waals surface area contributed by atoms with Gasteiger partial charge in [-0.2, -0.15) is 0 Å². The van der Waals surface area contributed by atoms with Gasteiger partial charge < -0.3 is 14.9 Å². The van der Waals surface area contributed by atoms with Gasteiger partial charge >= 0.3 is 0 Å². The molecule has 3 nitrogen and oxygen atoms in total. The zero-order chi connectivity index (χ0) is 13.6. The van der Waals surface area contributed by atoms with Crippen LogP contribution < -0.4 is 0 Å². The van der Waals surface area contributed by atoms with Gasteiger partial charge in [0.25, 0.3) is 0 Å². The van der Waals surface area contributed by atoms with Crippen LogP contribution in [0.3, 0.4) is 0 Å². The largest absolute Gasteiger partial charge is 0.396 e. The van der Waals surface area contributed by atoms with Crippen molar-refractivity contribution in [3.8, 4) is 0 Å². The first-order valence-corrected chi connectivity index (χ1v) is 7.24. The lowest BCUT2D eigenvalue weighted by atomic mass is 9.62. The van der Waals surface area contributed by atoms with E-state index < -0.39 is 0 Å². The van der Waals surface area contributed by atoms with E-state index in [-0.39, 0.29) is 35.7 Å². The quantitative estimate of drug-likeness (QED) is 0.797. The molecule has 0 unspecified atom stereocenters. The molecule has 0 aromatic carbocycles. The zero-order valence-corrected chi connectivity index (χ0v) is 12.1. The third-order valence-corrected chi connectivity index (χ3v) is 5.02. The van der Waals surface area contributed by atoms with Crippen LogP contribution in [-0.2, 0) is 4.74 Å². The van der Waals surface area contributed by atoms with Gasteiger partial charge in [-0.1, -0.05) is 6.92 Å². The van der Waals surface area contributed by atoms with Crippen LogP contribution in [0.15, 0.2) is 0 Å². The summed E-state index contributed by atoms with van der Waals surface area (Å²) in [7, 11) is 0. The fourth-order valence-electron chi connectivity index (χ4n) is 4.09. The Kier molecular flexibility index (Phi) is 3.79. The first-order valence-electron chi connectivity index (χ1n) is 7.24. The minimum Gasteiger partial charge on any atom is -0.396 e. The number of aliphatic hydroxyl groups excluding tert-OH is 2. The molecule has 0 saturated heterocycles. The molecule has 2 aliphatic rings. The maximum atomic E-state index is 10.0. The van der Waals surface area contributed by atoms with Gasteiger partial charge in [-0.25, -0.2) is 0 Å². The summed E-state index contributed by atoms with van der Waals surface area (Å²) >= 11 is 0. The van der Waals surface area contributed by atoms with Gasteiger partial charge in [0.05, 0.1) is 17.8 Å². The summed E-state index contributed by atoms with van der Waals surface area (Å²) < 4.78 is 6.24. The molecule has 2 aliphatic carbocycles. The normalized spacial score (nSPS) is 45.0. The van der Waals surface area contributed by atoms with E-state index in [0.717, 1.165) is 25.7 Å². The van der Waals surface area contributed by atoms with E-state index in [2.05, 4.69) is 27.7 Å². The fourth-order valence-corrected chi connectivity index (χ4v) is 4.09. The molecule has 5 atom stereocenters. The van der Waals surface area contributed by atoms with Crippen molar-refractivity contribution in [2.24, 2.45) is 17.3 Å². The van der Waals surface area contributed by atoms with E-state index in [1.54, 1.807) is 0 Å². The van der Waals surface area contributed by atoms with E-state index in [9.17, 15) is 10.2 Å². The van der Waals surface area contributed by atoms with Crippen LogP contribution in [-0.4, -0.2) is 34.6 Å². The van der Waals surface area contributed by atoms with Crippen LogP contribution in [0.2, 0.25) is 0 Å². The Morgan fingerprint density at radius 3 is 2.44 bits per heavy atom. The molecule has 0 bridgehead atoms. The second kappa shape index (κ2) is 4.77. The number of hydrogen-bond donors (Lipinski definition) is 2. The molecule has 0 radical (unpaired) electrons. The summed E-state index contributed by atoms with van der Waals surface area (Å²) in [6.45, 7) is 8.69. The highest BCUT2D eigenvalue weighted by atomic mass is 16.5. The summed E-state index contributed by atoms with van der Waals surface area (Å²) in [5.74, 6) is 0.441. The molecule has 0 aromatic rings. The first-order chi connectivity index (χ1) is 8.28. The molecule has 0 heterocycles. The summed E-state index contributed by atoms with van der Waals surface area (Å²) in [4.78, 5) is 0. The molecule has 2 fully saturated rings. The molecule has 3 heteroatoms. The Balaban J connectivity index is 2.16. The molecule has 0 spiro atoms. The molecule has 18 heavy (non-hydrogen) atoms. The highest BCUT2D eigenvalue weighted by Gasteiger charge is 2.54. The average molecular weight is 256 g/mol. The van der Waals surface area contributed by atoms with Crippen LogP contribution in [0, 0.1) is 17.3 Å². The van der Waals surface area contributed by atoms with Crippen molar-refractivity contribution in [1.82, 2.24) is 0 Å². The first kappa shape index (κ1) is 14.3. The Bertz CT molecular complexity index is 297. The number of aliphatic hydroxyl groups is 2. The van der Waals surface area contributed by atoms with E-state index in [0.29, 0.717) is 5.92 Å². The molecule has 2 rings (SSSR count). The maximum Gasteiger partial charge on any atom is 0.0638 e. The van der Waals surface area contributed by atoms with Crippen LogP contribution in [0.25, 0.3) is 0 Å². The monoisotopic (exact) mass is 256 g/mol. The van der Waals surface area contributed by atoms with E-state index >= 15 is 0 Å². The van der Waals surface area contributed by atoms with Gasteiger partial charge in [0.15, 0.2) is 0 Å². The van der Waals surface area contributed by atoms with E-state index in [1.165, 1.54) is 0 Å². The maximum absolute atomic E-state index is 10.0. The van der Waals surface area contributed by atoms with Crippen molar-refractivity contribution in [1.29, 1.82) is 0 Å². The van der Waals surface area contributed by atoms with Gasteiger partial charge in [-0.15, -0.1) is 0 Å². The highest BCUT2D eigenvalue weighted by molar-refractivity contribution is 5.03. The smallest absolute Gasteiger partial charge is 0.0638 e. The third-order valence-electron chi connectivity index (χ3n) is 5.02. The van der Waals surface area contributed by atoms with E-state index in [1.807, 2.05) is 0 Å². The Labute approximate surface area is 111 Å². The molecular weight excluding hydrogens is 228 g/mol. The Morgan fingerprint density at radius 1 is 1.22 bits per heavy atom. The fraction of sp³-hybridized carbons (Fsp3) is 1.00. The van der Waals surface area contributed by atoms with Gasteiger partial charge in [-0.05, 0) is 57.8 Å². The van der Waals surface area contributed by atoms with Crippen molar-refractivity contribution in [2.75, 3.05) is 6.61 Å². The van der Waals surface area contributed by atoms with Gasteiger partial charge in [0.1, 0.15) is 0 Å². The Morgan fingerprint density at radius 2 is 1.89 bits per heavy atom. The predicted octanol–water partition coefficient (Wildman–Crippen LogP) is 2.35. The predicted molar refractivity (Wildman–Crippen MR) is 71.3 cm³/mol. The van der Waals surface area contributed by atoms with Crippen LogP contribution in [0.5, 0.6) is 0 Å².